The van der Waals surface area contributed by atoms with Gasteiger partial charge in [0.15, 0.2) is 0 Å². The van der Waals surface area contributed by atoms with E-state index in [1.807, 2.05) is 19.1 Å². The Hall–Kier alpha value is -0.930. The molecule has 1 aromatic carbocycles. The van der Waals surface area contributed by atoms with Crippen LogP contribution in [0.25, 0.3) is 0 Å². The van der Waals surface area contributed by atoms with E-state index in [2.05, 4.69) is 18.7 Å². The molecule has 19 heavy (non-hydrogen) atoms. The average Bonchev–Trinajstić information content (AvgIpc) is 2.81. The lowest BCUT2D eigenvalue weighted by atomic mass is 9.95. The fourth-order valence-corrected chi connectivity index (χ4v) is 3.12. The van der Waals surface area contributed by atoms with Crippen LogP contribution in [-0.2, 0) is 0 Å². The van der Waals surface area contributed by atoms with E-state index in [9.17, 15) is 4.39 Å². The van der Waals surface area contributed by atoms with Gasteiger partial charge in [0.1, 0.15) is 5.82 Å². The van der Waals surface area contributed by atoms with Gasteiger partial charge in [-0.2, -0.15) is 0 Å². The summed E-state index contributed by atoms with van der Waals surface area (Å²) in [5, 5.41) is 0. The molecule has 1 saturated heterocycles. The lowest BCUT2D eigenvalue weighted by Gasteiger charge is -2.31. The molecule has 1 heterocycles. The number of nitrogens with two attached hydrogens (primary N) is 1. The molecule has 0 amide bonds. The topological polar surface area (TPSA) is 29.3 Å². The van der Waals surface area contributed by atoms with E-state index in [0.29, 0.717) is 5.92 Å². The molecular weight excluding hydrogens is 239 g/mol. The van der Waals surface area contributed by atoms with Crippen molar-refractivity contribution in [3.63, 3.8) is 0 Å². The van der Waals surface area contributed by atoms with E-state index < -0.39 is 0 Å². The molecule has 3 atom stereocenters. The second-order valence-corrected chi connectivity index (χ2v) is 6.14. The molecule has 0 aliphatic carbocycles. The quantitative estimate of drug-likeness (QED) is 0.905. The Balaban J connectivity index is 2.15. The molecule has 0 radical (unpaired) electrons. The third-order valence-corrected chi connectivity index (χ3v) is 4.30. The lowest BCUT2D eigenvalue weighted by Crippen LogP contribution is -2.38. The van der Waals surface area contributed by atoms with Crippen LogP contribution in [-0.4, -0.2) is 24.0 Å². The molecule has 0 spiro atoms. The van der Waals surface area contributed by atoms with Crippen molar-refractivity contribution in [2.75, 3.05) is 13.1 Å². The van der Waals surface area contributed by atoms with Crippen molar-refractivity contribution in [2.45, 2.75) is 39.3 Å². The third kappa shape index (κ3) is 3.34. The SMILES string of the molecule is CC(C)C1CCN(C(c2ccc(F)cc2)C(C)N)C1. The third-order valence-electron chi connectivity index (χ3n) is 4.30. The Bertz CT molecular complexity index is 400. The summed E-state index contributed by atoms with van der Waals surface area (Å²) in [6.45, 7) is 8.80. The first-order chi connectivity index (χ1) is 8.99. The van der Waals surface area contributed by atoms with Crippen molar-refractivity contribution >= 4 is 0 Å². The summed E-state index contributed by atoms with van der Waals surface area (Å²) in [7, 11) is 0. The highest BCUT2D eigenvalue weighted by molar-refractivity contribution is 5.21. The molecule has 3 unspecified atom stereocenters. The molecular formula is C16H25FN2. The van der Waals surface area contributed by atoms with Gasteiger partial charge in [-0.25, -0.2) is 4.39 Å². The van der Waals surface area contributed by atoms with E-state index in [1.54, 1.807) is 0 Å². The predicted molar refractivity (Wildman–Crippen MR) is 77.3 cm³/mol. The average molecular weight is 264 g/mol. The molecule has 2 rings (SSSR count). The molecule has 2 N–H and O–H groups in total. The molecule has 0 bridgehead atoms. The zero-order valence-electron chi connectivity index (χ0n) is 12.1. The van der Waals surface area contributed by atoms with Gasteiger partial charge >= 0.3 is 0 Å². The van der Waals surface area contributed by atoms with Crippen LogP contribution in [0.15, 0.2) is 24.3 Å². The number of nitrogens with zero attached hydrogens (tertiary/aromatic N) is 1. The van der Waals surface area contributed by atoms with E-state index in [0.717, 1.165) is 24.6 Å². The summed E-state index contributed by atoms with van der Waals surface area (Å²) in [5.41, 5.74) is 7.30. The van der Waals surface area contributed by atoms with Gasteiger partial charge in [-0.05, 0) is 49.4 Å². The smallest absolute Gasteiger partial charge is 0.123 e. The Kier molecular flexibility index (Phi) is 4.58. The number of rotatable bonds is 4. The Morgan fingerprint density at radius 2 is 1.84 bits per heavy atom. The second-order valence-electron chi connectivity index (χ2n) is 6.14. The van der Waals surface area contributed by atoms with Gasteiger partial charge in [0, 0.05) is 18.6 Å². The van der Waals surface area contributed by atoms with Crippen molar-refractivity contribution in [1.29, 1.82) is 0 Å². The first kappa shape index (κ1) is 14.5. The maximum absolute atomic E-state index is 13.1. The van der Waals surface area contributed by atoms with Crippen LogP contribution < -0.4 is 5.73 Å². The first-order valence-corrected chi connectivity index (χ1v) is 7.24. The van der Waals surface area contributed by atoms with E-state index in [1.165, 1.54) is 18.6 Å². The van der Waals surface area contributed by atoms with Crippen molar-refractivity contribution in [2.24, 2.45) is 17.6 Å². The first-order valence-electron chi connectivity index (χ1n) is 7.24. The normalized spacial score (nSPS) is 23.8. The zero-order chi connectivity index (χ0) is 14.0. The Labute approximate surface area is 115 Å². The van der Waals surface area contributed by atoms with Crippen molar-refractivity contribution in [3.05, 3.63) is 35.6 Å². The highest BCUT2D eigenvalue weighted by atomic mass is 19.1. The Morgan fingerprint density at radius 1 is 1.21 bits per heavy atom. The number of hydrogen-bond donors (Lipinski definition) is 1. The molecule has 1 aliphatic heterocycles. The largest absolute Gasteiger partial charge is 0.326 e. The molecule has 1 aliphatic rings. The monoisotopic (exact) mass is 264 g/mol. The maximum Gasteiger partial charge on any atom is 0.123 e. The minimum absolute atomic E-state index is 0.0522. The van der Waals surface area contributed by atoms with Crippen LogP contribution >= 0.6 is 0 Å². The van der Waals surface area contributed by atoms with Gasteiger partial charge < -0.3 is 5.73 Å². The van der Waals surface area contributed by atoms with Crippen molar-refractivity contribution < 1.29 is 4.39 Å². The summed E-state index contributed by atoms with van der Waals surface area (Å²) >= 11 is 0. The molecule has 0 aromatic heterocycles. The molecule has 2 nitrogen and oxygen atoms in total. The van der Waals surface area contributed by atoms with Gasteiger partial charge in [0.2, 0.25) is 0 Å². The number of halogens is 1. The van der Waals surface area contributed by atoms with Gasteiger partial charge in [0.25, 0.3) is 0 Å². The van der Waals surface area contributed by atoms with Gasteiger partial charge in [0.05, 0.1) is 0 Å². The minimum atomic E-state index is -0.186. The van der Waals surface area contributed by atoms with Crippen LogP contribution in [0.2, 0.25) is 0 Å². The number of benzene rings is 1. The fourth-order valence-electron chi connectivity index (χ4n) is 3.12. The standard InChI is InChI=1S/C16H25FN2/c1-11(2)14-8-9-19(10-14)16(12(3)18)13-4-6-15(17)7-5-13/h4-7,11-12,14,16H,8-10,18H2,1-3H3. The van der Waals surface area contributed by atoms with Crippen molar-refractivity contribution in [1.82, 2.24) is 4.90 Å². The summed E-state index contributed by atoms with van der Waals surface area (Å²) in [4.78, 5) is 2.46. The van der Waals surface area contributed by atoms with E-state index in [4.69, 9.17) is 5.73 Å². The summed E-state index contributed by atoms with van der Waals surface area (Å²) < 4.78 is 13.1. The molecule has 1 aromatic rings. The van der Waals surface area contributed by atoms with Crippen molar-refractivity contribution in [3.8, 4) is 0 Å². The number of likely N-dealkylation sites (tertiary alicyclic amines) is 1. The fraction of sp³-hybridized carbons (Fsp3) is 0.625. The van der Waals surface area contributed by atoms with Gasteiger partial charge in [-0.15, -0.1) is 0 Å². The van der Waals surface area contributed by atoms with Crippen LogP contribution in [0.1, 0.15) is 38.8 Å². The van der Waals surface area contributed by atoms with Crippen LogP contribution in [0, 0.1) is 17.7 Å². The number of hydrogen-bond acceptors (Lipinski definition) is 2. The van der Waals surface area contributed by atoms with Crippen LogP contribution in [0.3, 0.4) is 0 Å². The molecule has 0 saturated carbocycles. The second kappa shape index (κ2) is 6.02. The molecule has 3 heteroatoms. The molecule has 106 valence electrons. The van der Waals surface area contributed by atoms with Crippen LogP contribution in [0.5, 0.6) is 0 Å². The highest BCUT2D eigenvalue weighted by Gasteiger charge is 2.32. The zero-order valence-corrected chi connectivity index (χ0v) is 12.1. The van der Waals surface area contributed by atoms with Gasteiger partial charge in [-0.1, -0.05) is 26.0 Å². The van der Waals surface area contributed by atoms with E-state index >= 15 is 0 Å². The summed E-state index contributed by atoms with van der Waals surface area (Å²) in [5.74, 6) is 1.28. The van der Waals surface area contributed by atoms with Crippen LogP contribution in [0.4, 0.5) is 4.39 Å². The highest BCUT2D eigenvalue weighted by Crippen LogP contribution is 2.32. The summed E-state index contributed by atoms with van der Waals surface area (Å²) in [6.07, 6.45) is 1.24. The Morgan fingerprint density at radius 3 is 2.32 bits per heavy atom. The van der Waals surface area contributed by atoms with E-state index in [-0.39, 0.29) is 17.9 Å². The predicted octanol–water partition coefficient (Wildman–Crippen LogP) is 3.19. The molecule has 1 fully saturated rings. The maximum atomic E-state index is 13.1. The van der Waals surface area contributed by atoms with Gasteiger partial charge in [-0.3, -0.25) is 4.90 Å². The minimum Gasteiger partial charge on any atom is -0.326 e. The summed E-state index contributed by atoms with van der Waals surface area (Å²) in [6, 6.07) is 7.04. The lowest BCUT2D eigenvalue weighted by molar-refractivity contribution is 0.204.